The first-order valence-electron chi connectivity index (χ1n) is 6.47. The van der Waals surface area contributed by atoms with Crippen LogP contribution in [-0.4, -0.2) is 27.3 Å². The van der Waals surface area contributed by atoms with E-state index in [1.54, 1.807) is 0 Å². The van der Waals surface area contributed by atoms with Gasteiger partial charge in [0.15, 0.2) is 0 Å². The van der Waals surface area contributed by atoms with Gasteiger partial charge in [-0.15, -0.1) is 0 Å². The second-order valence-electron chi connectivity index (χ2n) is 5.03. The maximum absolute atomic E-state index is 4.64. The Bertz CT molecular complexity index is 555. The van der Waals surface area contributed by atoms with Crippen molar-refractivity contribution in [1.82, 2.24) is 15.1 Å². The van der Waals surface area contributed by atoms with Gasteiger partial charge in [-0.1, -0.05) is 11.6 Å². The largest absolute Gasteiger partial charge is 0.307 e. The highest BCUT2D eigenvalue weighted by Gasteiger charge is 2.16. The summed E-state index contributed by atoms with van der Waals surface area (Å²) < 4.78 is 1.98. The third kappa shape index (κ3) is 2.27. The van der Waals surface area contributed by atoms with Gasteiger partial charge in [-0.05, 0) is 31.2 Å². The second-order valence-corrected chi connectivity index (χ2v) is 6.18. The number of rotatable bonds is 3. The van der Waals surface area contributed by atoms with E-state index in [-0.39, 0.29) is 0 Å². The topological polar surface area (TPSA) is 29.9 Å². The third-order valence-corrected chi connectivity index (χ3v) is 4.73. The fourth-order valence-electron chi connectivity index (χ4n) is 2.52. The lowest BCUT2D eigenvalue weighted by atomic mass is 10.1. The van der Waals surface area contributed by atoms with E-state index < -0.39 is 0 Å². The number of nitrogens with zero attached hydrogens (tertiary/aromatic N) is 2. The third-order valence-electron chi connectivity index (χ3n) is 3.57. The summed E-state index contributed by atoms with van der Waals surface area (Å²) in [6.07, 6.45) is 1.29. The van der Waals surface area contributed by atoms with Crippen LogP contribution in [-0.2, 0) is 13.6 Å². The van der Waals surface area contributed by atoms with Crippen LogP contribution in [0.2, 0.25) is 0 Å². The van der Waals surface area contributed by atoms with E-state index in [2.05, 4.69) is 35.5 Å². The minimum absolute atomic E-state index is 0.664. The molecule has 3 nitrogen and oxygen atoms in total. The molecule has 0 radical (unpaired) electrons. The SMILES string of the molecule is Cc1ccc2c(c1)c(CNC1CCSC1)nn2C. The number of hydrogen-bond acceptors (Lipinski definition) is 3. The molecule has 2 aromatic rings. The Balaban J connectivity index is 1.84. The normalized spacial score (nSPS) is 19.8. The molecule has 1 atom stereocenters. The predicted molar refractivity (Wildman–Crippen MR) is 78.0 cm³/mol. The number of thioether (sulfide) groups is 1. The quantitative estimate of drug-likeness (QED) is 0.920. The molecule has 4 heteroatoms. The number of hydrogen-bond donors (Lipinski definition) is 1. The lowest BCUT2D eigenvalue weighted by Gasteiger charge is -2.09. The van der Waals surface area contributed by atoms with E-state index in [1.807, 2.05) is 23.5 Å². The zero-order valence-electron chi connectivity index (χ0n) is 10.9. The number of nitrogens with one attached hydrogen (secondary N) is 1. The zero-order valence-corrected chi connectivity index (χ0v) is 11.8. The Morgan fingerprint density at radius 3 is 3.17 bits per heavy atom. The summed E-state index contributed by atoms with van der Waals surface area (Å²) in [6.45, 7) is 3.02. The van der Waals surface area contributed by atoms with Crippen LogP contribution in [0.5, 0.6) is 0 Å². The molecule has 96 valence electrons. The van der Waals surface area contributed by atoms with Crippen LogP contribution in [0.15, 0.2) is 18.2 Å². The van der Waals surface area contributed by atoms with Crippen molar-refractivity contribution in [3.8, 4) is 0 Å². The molecule has 0 aliphatic carbocycles. The zero-order chi connectivity index (χ0) is 12.5. The minimum atomic E-state index is 0.664. The molecule has 0 bridgehead atoms. The molecular formula is C14H19N3S. The second kappa shape index (κ2) is 4.94. The van der Waals surface area contributed by atoms with Gasteiger partial charge in [0.1, 0.15) is 0 Å². The Morgan fingerprint density at radius 1 is 1.50 bits per heavy atom. The van der Waals surface area contributed by atoms with E-state index in [0.717, 1.165) is 6.54 Å². The first-order valence-corrected chi connectivity index (χ1v) is 7.63. The molecule has 1 aromatic carbocycles. The highest BCUT2D eigenvalue weighted by molar-refractivity contribution is 7.99. The molecule has 1 unspecified atom stereocenters. The van der Waals surface area contributed by atoms with Crippen LogP contribution in [0, 0.1) is 6.92 Å². The molecule has 0 amide bonds. The molecule has 1 aromatic heterocycles. The molecule has 3 rings (SSSR count). The summed E-state index contributed by atoms with van der Waals surface area (Å²) >= 11 is 2.04. The molecule has 1 saturated heterocycles. The number of benzene rings is 1. The Morgan fingerprint density at radius 2 is 2.39 bits per heavy atom. The van der Waals surface area contributed by atoms with Crippen LogP contribution in [0.4, 0.5) is 0 Å². The lowest BCUT2D eigenvalue weighted by molar-refractivity contribution is 0.549. The fourth-order valence-corrected chi connectivity index (χ4v) is 3.71. The lowest BCUT2D eigenvalue weighted by Crippen LogP contribution is -2.28. The van der Waals surface area contributed by atoms with E-state index in [4.69, 9.17) is 0 Å². The fraction of sp³-hybridized carbons (Fsp3) is 0.500. The minimum Gasteiger partial charge on any atom is -0.307 e. The van der Waals surface area contributed by atoms with Crippen LogP contribution < -0.4 is 5.32 Å². The van der Waals surface area contributed by atoms with E-state index >= 15 is 0 Å². The molecule has 18 heavy (non-hydrogen) atoms. The van der Waals surface area contributed by atoms with Crippen LogP contribution in [0.3, 0.4) is 0 Å². The van der Waals surface area contributed by atoms with Crippen LogP contribution in [0.25, 0.3) is 10.9 Å². The highest BCUT2D eigenvalue weighted by Crippen LogP contribution is 2.21. The summed E-state index contributed by atoms with van der Waals surface area (Å²) in [4.78, 5) is 0. The maximum Gasteiger partial charge on any atom is 0.0841 e. The van der Waals surface area contributed by atoms with E-state index in [0.29, 0.717) is 6.04 Å². The van der Waals surface area contributed by atoms with Gasteiger partial charge in [-0.25, -0.2) is 0 Å². The number of aryl methyl sites for hydroxylation is 2. The van der Waals surface area contributed by atoms with Crippen molar-refractivity contribution >= 4 is 22.7 Å². The monoisotopic (exact) mass is 261 g/mol. The smallest absolute Gasteiger partial charge is 0.0841 e. The first kappa shape index (κ1) is 12.1. The summed E-state index contributed by atoms with van der Waals surface area (Å²) in [5.74, 6) is 2.53. The van der Waals surface area contributed by atoms with Crippen LogP contribution in [0.1, 0.15) is 17.7 Å². The van der Waals surface area contributed by atoms with Gasteiger partial charge >= 0.3 is 0 Å². The first-order chi connectivity index (χ1) is 8.74. The summed E-state index contributed by atoms with van der Waals surface area (Å²) in [7, 11) is 2.02. The maximum atomic E-state index is 4.64. The van der Waals surface area contributed by atoms with Gasteiger partial charge in [0, 0.05) is 30.8 Å². The Labute approximate surface area is 112 Å². The molecular weight excluding hydrogens is 242 g/mol. The molecule has 2 heterocycles. The van der Waals surface area contributed by atoms with Gasteiger partial charge in [0.2, 0.25) is 0 Å². The van der Waals surface area contributed by atoms with Gasteiger partial charge in [0.25, 0.3) is 0 Å². The molecule has 0 spiro atoms. The van der Waals surface area contributed by atoms with Crippen molar-refractivity contribution in [2.24, 2.45) is 7.05 Å². The molecule has 1 N–H and O–H groups in total. The van der Waals surface area contributed by atoms with Crippen molar-refractivity contribution in [2.45, 2.75) is 25.9 Å². The number of aromatic nitrogens is 2. The number of fused-ring (bicyclic) bond motifs is 1. The van der Waals surface area contributed by atoms with Crippen molar-refractivity contribution in [1.29, 1.82) is 0 Å². The van der Waals surface area contributed by atoms with E-state index in [1.165, 1.54) is 40.1 Å². The van der Waals surface area contributed by atoms with Crippen molar-refractivity contribution in [3.05, 3.63) is 29.5 Å². The standard InChI is InChI=1S/C14H19N3S/c1-10-3-4-14-12(7-10)13(16-17(14)2)8-15-11-5-6-18-9-11/h3-4,7,11,15H,5-6,8-9H2,1-2H3. The summed E-state index contributed by atoms with van der Waals surface area (Å²) in [5, 5.41) is 9.55. The Kier molecular flexibility index (Phi) is 3.31. The molecule has 1 fully saturated rings. The summed E-state index contributed by atoms with van der Waals surface area (Å²) in [6, 6.07) is 7.21. The molecule has 1 aliphatic rings. The predicted octanol–water partition coefficient (Wildman–Crippen LogP) is 2.48. The highest BCUT2D eigenvalue weighted by atomic mass is 32.2. The van der Waals surface area contributed by atoms with Gasteiger partial charge in [-0.2, -0.15) is 16.9 Å². The Hall–Kier alpha value is -1.00. The van der Waals surface area contributed by atoms with Crippen molar-refractivity contribution in [2.75, 3.05) is 11.5 Å². The van der Waals surface area contributed by atoms with E-state index in [9.17, 15) is 0 Å². The average molecular weight is 261 g/mol. The van der Waals surface area contributed by atoms with Crippen molar-refractivity contribution in [3.63, 3.8) is 0 Å². The molecule has 0 saturated carbocycles. The van der Waals surface area contributed by atoms with Gasteiger partial charge in [0.05, 0.1) is 11.2 Å². The van der Waals surface area contributed by atoms with Gasteiger partial charge < -0.3 is 5.32 Å². The van der Waals surface area contributed by atoms with Crippen LogP contribution >= 0.6 is 11.8 Å². The molecule has 1 aliphatic heterocycles. The average Bonchev–Trinajstić information content (AvgIpc) is 2.95. The van der Waals surface area contributed by atoms with Crippen molar-refractivity contribution < 1.29 is 0 Å². The summed E-state index contributed by atoms with van der Waals surface area (Å²) in [5.41, 5.74) is 3.69. The van der Waals surface area contributed by atoms with Gasteiger partial charge in [-0.3, -0.25) is 4.68 Å².